The number of carbonyl (C=O) groups is 1. The van der Waals surface area contributed by atoms with Crippen molar-refractivity contribution in [2.24, 2.45) is 11.7 Å². The second-order valence-electron chi connectivity index (χ2n) is 5.81. The lowest BCUT2D eigenvalue weighted by atomic mass is 10.1. The van der Waals surface area contributed by atoms with Crippen LogP contribution in [0, 0.1) is 30.0 Å². The van der Waals surface area contributed by atoms with E-state index in [2.05, 4.69) is 15.0 Å². The van der Waals surface area contributed by atoms with Crippen LogP contribution in [0.1, 0.15) is 24.1 Å². The van der Waals surface area contributed by atoms with Gasteiger partial charge in [0.05, 0.1) is 22.6 Å². The van der Waals surface area contributed by atoms with Gasteiger partial charge >= 0.3 is 0 Å². The zero-order valence-electron chi connectivity index (χ0n) is 13.0. The molecule has 0 aliphatic heterocycles. The van der Waals surface area contributed by atoms with Crippen molar-refractivity contribution >= 4 is 33.8 Å². The summed E-state index contributed by atoms with van der Waals surface area (Å²) in [5.41, 5.74) is 7.02. The monoisotopic (exact) mass is 345 g/mol. The van der Waals surface area contributed by atoms with E-state index >= 15 is 0 Å². The Morgan fingerprint density at radius 2 is 2.21 bits per heavy atom. The first-order chi connectivity index (χ1) is 11.5. The van der Waals surface area contributed by atoms with Crippen molar-refractivity contribution in [2.75, 3.05) is 10.6 Å². The minimum atomic E-state index is -0.606. The first kappa shape index (κ1) is 16.2. The molecule has 1 atom stereocenters. The highest BCUT2D eigenvalue weighted by Gasteiger charge is 2.35. The van der Waals surface area contributed by atoms with Crippen LogP contribution in [0.3, 0.4) is 0 Å². The molecule has 1 aliphatic rings. The summed E-state index contributed by atoms with van der Waals surface area (Å²) in [4.78, 5) is 11.6. The quantitative estimate of drug-likeness (QED) is 0.747. The van der Waals surface area contributed by atoms with Crippen molar-refractivity contribution < 1.29 is 9.18 Å². The maximum absolute atomic E-state index is 14.3. The lowest BCUT2D eigenvalue weighted by Crippen LogP contribution is -2.37. The molecular weight excluding hydrogens is 329 g/mol. The number of nitriles is 1. The molecule has 124 valence electrons. The van der Waals surface area contributed by atoms with Gasteiger partial charge in [0, 0.05) is 0 Å². The van der Waals surface area contributed by atoms with Crippen LogP contribution in [-0.4, -0.2) is 16.3 Å². The molecule has 1 aromatic carbocycles. The van der Waals surface area contributed by atoms with Crippen LogP contribution in [0.4, 0.5) is 20.8 Å². The van der Waals surface area contributed by atoms with Gasteiger partial charge in [-0.3, -0.25) is 4.79 Å². The molecule has 2 aromatic rings. The number of halogens is 1. The van der Waals surface area contributed by atoms with Gasteiger partial charge in [-0.05, 0) is 55.4 Å². The topological polar surface area (TPSA) is 104 Å². The maximum atomic E-state index is 14.3. The summed E-state index contributed by atoms with van der Waals surface area (Å²) < 4.78 is 18.4. The van der Waals surface area contributed by atoms with E-state index in [1.807, 2.05) is 19.1 Å². The van der Waals surface area contributed by atoms with Gasteiger partial charge in [0.25, 0.3) is 0 Å². The van der Waals surface area contributed by atoms with Gasteiger partial charge in [-0.15, -0.1) is 0 Å². The van der Waals surface area contributed by atoms with Crippen LogP contribution in [-0.2, 0) is 4.79 Å². The number of benzene rings is 1. The number of nitrogens with one attached hydrogen (secondary N) is 2. The van der Waals surface area contributed by atoms with E-state index in [0.29, 0.717) is 5.69 Å². The van der Waals surface area contributed by atoms with Crippen LogP contribution < -0.4 is 16.4 Å². The molecule has 3 rings (SSSR count). The molecule has 1 fully saturated rings. The highest BCUT2D eigenvalue weighted by atomic mass is 32.1. The fraction of sp³-hybridized carbons (Fsp3) is 0.312. The average Bonchev–Trinajstić information content (AvgIpc) is 3.29. The van der Waals surface area contributed by atoms with Crippen molar-refractivity contribution in [1.82, 2.24) is 4.37 Å². The van der Waals surface area contributed by atoms with E-state index in [-0.39, 0.29) is 17.2 Å². The number of anilines is 3. The summed E-state index contributed by atoms with van der Waals surface area (Å²) >= 11 is 1.25. The number of aryl methyl sites for hydroxylation is 1. The van der Waals surface area contributed by atoms with Gasteiger partial charge in [0.2, 0.25) is 5.91 Å². The summed E-state index contributed by atoms with van der Waals surface area (Å²) in [6.07, 6.45) is 1.79. The summed E-state index contributed by atoms with van der Waals surface area (Å²) in [6.45, 7) is 1.86. The summed E-state index contributed by atoms with van der Waals surface area (Å²) in [5, 5.41) is 15.9. The molecule has 4 N–H and O–H groups in total. The maximum Gasteiger partial charge on any atom is 0.240 e. The van der Waals surface area contributed by atoms with Crippen LogP contribution in [0.15, 0.2) is 18.2 Å². The van der Waals surface area contributed by atoms with E-state index < -0.39 is 17.8 Å². The molecule has 1 aromatic heterocycles. The molecule has 0 saturated heterocycles. The molecule has 0 radical (unpaired) electrons. The van der Waals surface area contributed by atoms with Crippen molar-refractivity contribution in [2.45, 2.75) is 25.8 Å². The number of nitrogens with zero attached hydrogens (tertiary/aromatic N) is 2. The Morgan fingerprint density at radius 1 is 1.46 bits per heavy atom. The molecule has 1 saturated carbocycles. The van der Waals surface area contributed by atoms with Gasteiger partial charge in [-0.25, -0.2) is 4.39 Å². The van der Waals surface area contributed by atoms with Crippen LogP contribution in [0.5, 0.6) is 0 Å². The normalized spacial score (nSPS) is 14.7. The zero-order valence-corrected chi connectivity index (χ0v) is 13.8. The Labute approximate surface area is 142 Å². The van der Waals surface area contributed by atoms with E-state index in [4.69, 9.17) is 5.73 Å². The lowest BCUT2D eigenvalue weighted by molar-refractivity contribution is -0.119. The van der Waals surface area contributed by atoms with Gasteiger partial charge < -0.3 is 16.4 Å². The first-order valence-electron chi connectivity index (χ1n) is 7.47. The lowest BCUT2D eigenvalue weighted by Gasteiger charge is -2.18. The molecule has 0 bridgehead atoms. The van der Waals surface area contributed by atoms with Crippen molar-refractivity contribution in [1.29, 1.82) is 5.26 Å². The van der Waals surface area contributed by atoms with Gasteiger partial charge in [-0.2, -0.15) is 9.64 Å². The fourth-order valence-electron chi connectivity index (χ4n) is 2.45. The Morgan fingerprint density at radius 3 is 2.75 bits per heavy atom. The summed E-state index contributed by atoms with van der Waals surface area (Å²) in [7, 11) is 0. The minimum Gasteiger partial charge on any atom is -0.371 e. The van der Waals surface area contributed by atoms with Crippen LogP contribution in [0.25, 0.3) is 0 Å². The number of hydrogen-bond donors (Lipinski definition) is 3. The second-order valence-corrected chi connectivity index (χ2v) is 6.61. The first-order valence-corrected chi connectivity index (χ1v) is 8.25. The highest BCUT2D eigenvalue weighted by molar-refractivity contribution is 7.10. The minimum absolute atomic E-state index is 0.137. The zero-order chi connectivity index (χ0) is 17.3. The predicted octanol–water partition coefficient (Wildman–Crippen LogP) is 2.88. The van der Waals surface area contributed by atoms with E-state index in [1.165, 1.54) is 17.6 Å². The van der Waals surface area contributed by atoms with Crippen molar-refractivity contribution in [3.05, 3.63) is 35.3 Å². The Kier molecular flexibility index (Phi) is 4.36. The molecule has 1 heterocycles. The van der Waals surface area contributed by atoms with E-state index in [9.17, 15) is 14.4 Å². The van der Waals surface area contributed by atoms with E-state index in [0.717, 1.165) is 29.6 Å². The molecule has 1 aliphatic carbocycles. The second kappa shape index (κ2) is 6.45. The average molecular weight is 345 g/mol. The summed E-state index contributed by atoms with van der Waals surface area (Å²) in [6, 6.07) is 5.82. The number of aromatic nitrogens is 1. The number of nitrogens with two attached hydrogens (primary N) is 1. The number of hydrogen-bond acceptors (Lipinski definition) is 6. The molecule has 8 heteroatoms. The molecule has 0 unspecified atom stereocenters. The highest BCUT2D eigenvalue weighted by Crippen LogP contribution is 2.36. The standard InChI is InChI=1S/C16H16FN5OS/c1-8-4-14(24-22-8)20-12-6-13(11(17)5-10(12)7-18)21-15(16(19)23)9-2-3-9/h4-6,9,15,20-21H,2-3H2,1H3,(H2,19,23)/t15-/m1/s1. The molecule has 0 spiro atoms. The molecule has 6 nitrogen and oxygen atoms in total. The largest absolute Gasteiger partial charge is 0.371 e. The van der Waals surface area contributed by atoms with Crippen molar-refractivity contribution in [3.63, 3.8) is 0 Å². The summed E-state index contributed by atoms with van der Waals surface area (Å²) in [5.74, 6) is -0.962. The van der Waals surface area contributed by atoms with E-state index in [1.54, 1.807) is 0 Å². The number of carbonyl (C=O) groups excluding carboxylic acids is 1. The smallest absolute Gasteiger partial charge is 0.240 e. The Hall–Kier alpha value is -2.66. The molecule has 1 amide bonds. The number of primary amides is 1. The van der Waals surface area contributed by atoms with Crippen LogP contribution >= 0.6 is 11.5 Å². The third-order valence-corrected chi connectivity index (χ3v) is 4.62. The number of rotatable bonds is 6. The van der Waals surface area contributed by atoms with Gasteiger partial charge in [0.1, 0.15) is 22.9 Å². The van der Waals surface area contributed by atoms with Gasteiger partial charge in [-0.1, -0.05) is 0 Å². The van der Waals surface area contributed by atoms with Gasteiger partial charge in [0.15, 0.2) is 0 Å². The third kappa shape index (κ3) is 3.46. The third-order valence-electron chi connectivity index (χ3n) is 3.82. The van der Waals surface area contributed by atoms with Crippen molar-refractivity contribution in [3.8, 4) is 6.07 Å². The Bertz CT molecular complexity index is 824. The predicted molar refractivity (Wildman–Crippen MR) is 90.6 cm³/mol. The number of amides is 1. The fourth-order valence-corrected chi connectivity index (χ4v) is 3.13. The Balaban J connectivity index is 1.90. The van der Waals surface area contributed by atoms with Crippen LogP contribution in [0.2, 0.25) is 0 Å². The molecule has 24 heavy (non-hydrogen) atoms. The molecular formula is C16H16FN5OS. The SMILES string of the molecule is Cc1cc(Nc2cc(N[C@@H](C(N)=O)C3CC3)c(F)cc2C#N)sn1.